The van der Waals surface area contributed by atoms with E-state index in [1.54, 1.807) is 11.8 Å². The summed E-state index contributed by atoms with van der Waals surface area (Å²) in [6.45, 7) is 2.08. The average Bonchev–Trinajstić information content (AvgIpc) is 2.39. The number of rotatable bonds is 2. The minimum absolute atomic E-state index is 0.196. The smallest absolute Gasteiger partial charge is 0.340 e. The number of nitrogens with two attached hydrogens (primary N) is 1. The lowest BCUT2D eigenvalue weighted by molar-refractivity contribution is -0.145. The van der Waals surface area contributed by atoms with Gasteiger partial charge in [0.15, 0.2) is 0 Å². The van der Waals surface area contributed by atoms with Gasteiger partial charge in [0.2, 0.25) is 5.91 Å². The van der Waals surface area contributed by atoms with Crippen LogP contribution in [0.5, 0.6) is 0 Å². The van der Waals surface area contributed by atoms with E-state index < -0.39 is 18.8 Å². The van der Waals surface area contributed by atoms with Crippen LogP contribution in [0.4, 0.5) is 13.2 Å². The number of amides is 1. The maximum absolute atomic E-state index is 12.2. The van der Waals surface area contributed by atoms with Crippen molar-refractivity contribution < 1.29 is 18.0 Å². The summed E-state index contributed by atoms with van der Waals surface area (Å²) in [4.78, 5) is 14.5. The highest BCUT2D eigenvalue weighted by molar-refractivity contribution is 5.81. The fourth-order valence-corrected chi connectivity index (χ4v) is 1.89. The van der Waals surface area contributed by atoms with Crippen molar-refractivity contribution in [3.63, 3.8) is 0 Å². The Labute approximate surface area is 98.5 Å². The van der Waals surface area contributed by atoms with E-state index in [9.17, 15) is 18.0 Å². The van der Waals surface area contributed by atoms with Gasteiger partial charge in [-0.15, -0.1) is 0 Å². The lowest BCUT2D eigenvalue weighted by atomic mass is 10.3. The van der Waals surface area contributed by atoms with Gasteiger partial charge in [0.05, 0.1) is 12.6 Å². The molecule has 2 N–H and O–H groups in total. The molecular formula is C10H18F3N3O. The standard InChI is InChI=1S/C10H18F3N3O/c1-8(14)9(17)16-4-2-3-15(5-6-16)7-10(11,12)13/h8H,2-7,14H2,1H3. The van der Waals surface area contributed by atoms with E-state index in [0.717, 1.165) is 0 Å². The summed E-state index contributed by atoms with van der Waals surface area (Å²) in [5.74, 6) is -0.196. The highest BCUT2D eigenvalue weighted by Crippen LogP contribution is 2.17. The van der Waals surface area contributed by atoms with Gasteiger partial charge in [0.25, 0.3) is 0 Å². The first kappa shape index (κ1) is 14.2. The third-order valence-electron chi connectivity index (χ3n) is 2.69. The lowest BCUT2D eigenvalue weighted by Gasteiger charge is -2.23. The van der Waals surface area contributed by atoms with Gasteiger partial charge in [-0.3, -0.25) is 9.69 Å². The largest absolute Gasteiger partial charge is 0.401 e. The van der Waals surface area contributed by atoms with E-state index in [0.29, 0.717) is 26.1 Å². The molecule has 0 aromatic carbocycles. The van der Waals surface area contributed by atoms with Gasteiger partial charge in [-0.05, 0) is 13.3 Å². The first-order valence-electron chi connectivity index (χ1n) is 5.63. The second-order valence-corrected chi connectivity index (χ2v) is 4.36. The quantitative estimate of drug-likeness (QED) is 0.776. The summed E-state index contributed by atoms with van der Waals surface area (Å²) in [6, 6.07) is -0.593. The molecule has 1 aliphatic heterocycles. The molecule has 0 spiro atoms. The summed E-state index contributed by atoms with van der Waals surface area (Å²) in [5.41, 5.74) is 5.47. The SMILES string of the molecule is CC(N)C(=O)N1CCCN(CC(F)(F)F)CC1. The molecule has 0 aromatic rings. The van der Waals surface area contributed by atoms with Crippen molar-refractivity contribution in [1.29, 1.82) is 0 Å². The zero-order valence-electron chi connectivity index (χ0n) is 9.83. The number of hydrogen-bond acceptors (Lipinski definition) is 3. The first-order valence-corrected chi connectivity index (χ1v) is 5.63. The maximum Gasteiger partial charge on any atom is 0.401 e. The number of carbonyl (C=O) groups excluding carboxylic acids is 1. The summed E-state index contributed by atoms with van der Waals surface area (Å²) < 4.78 is 36.6. The van der Waals surface area contributed by atoms with E-state index >= 15 is 0 Å². The number of halogens is 3. The minimum Gasteiger partial charge on any atom is -0.340 e. The van der Waals surface area contributed by atoms with Gasteiger partial charge >= 0.3 is 6.18 Å². The highest BCUT2D eigenvalue weighted by atomic mass is 19.4. The number of carbonyl (C=O) groups is 1. The Morgan fingerprint density at radius 3 is 2.47 bits per heavy atom. The van der Waals surface area contributed by atoms with E-state index in [4.69, 9.17) is 5.73 Å². The van der Waals surface area contributed by atoms with E-state index in [2.05, 4.69) is 0 Å². The summed E-state index contributed by atoms with van der Waals surface area (Å²) >= 11 is 0. The maximum atomic E-state index is 12.2. The van der Waals surface area contributed by atoms with E-state index in [-0.39, 0.29) is 12.5 Å². The van der Waals surface area contributed by atoms with Crippen molar-refractivity contribution in [3.8, 4) is 0 Å². The average molecular weight is 253 g/mol. The molecule has 17 heavy (non-hydrogen) atoms. The van der Waals surface area contributed by atoms with Crippen molar-refractivity contribution in [3.05, 3.63) is 0 Å². The molecule has 0 aliphatic carbocycles. The molecule has 1 aliphatic rings. The van der Waals surface area contributed by atoms with E-state index in [1.807, 2.05) is 0 Å². The molecule has 1 heterocycles. The molecule has 1 atom stereocenters. The molecule has 100 valence electrons. The Balaban J connectivity index is 2.47. The Morgan fingerprint density at radius 2 is 1.94 bits per heavy atom. The summed E-state index contributed by atoms with van der Waals surface area (Å²) in [6.07, 6.45) is -3.63. The third kappa shape index (κ3) is 4.91. The second-order valence-electron chi connectivity index (χ2n) is 4.36. The Morgan fingerprint density at radius 1 is 1.29 bits per heavy atom. The molecule has 0 aromatic heterocycles. The molecule has 0 saturated carbocycles. The molecule has 1 unspecified atom stereocenters. The molecule has 1 rings (SSSR count). The van der Waals surface area contributed by atoms with Crippen LogP contribution in [0, 0.1) is 0 Å². The lowest BCUT2D eigenvalue weighted by Crippen LogP contribution is -2.44. The van der Waals surface area contributed by atoms with Crippen LogP contribution >= 0.6 is 0 Å². The monoisotopic (exact) mass is 253 g/mol. The van der Waals surface area contributed by atoms with Gasteiger partial charge < -0.3 is 10.6 Å². The fraction of sp³-hybridized carbons (Fsp3) is 0.900. The third-order valence-corrected chi connectivity index (χ3v) is 2.69. The van der Waals surface area contributed by atoms with Crippen LogP contribution in [0.25, 0.3) is 0 Å². The highest BCUT2D eigenvalue weighted by Gasteiger charge is 2.32. The molecule has 0 bridgehead atoms. The van der Waals surface area contributed by atoms with Gasteiger partial charge in [-0.2, -0.15) is 13.2 Å². The second kappa shape index (κ2) is 5.68. The van der Waals surface area contributed by atoms with E-state index in [1.165, 1.54) is 4.90 Å². The van der Waals surface area contributed by atoms with Crippen LogP contribution in [0.3, 0.4) is 0 Å². The van der Waals surface area contributed by atoms with Crippen molar-refractivity contribution in [2.24, 2.45) is 5.73 Å². The fourth-order valence-electron chi connectivity index (χ4n) is 1.89. The van der Waals surface area contributed by atoms with Crippen molar-refractivity contribution in [2.75, 3.05) is 32.7 Å². The Bertz CT molecular complexity index is 268. The van der Waals surface area contributed by atoms with Crippen LogP contribution in [0.1, 0.15) is 13.3 Å². The molecule has 4 nitrogen and oxygen atoms in total. The molecule has 1 amide bonds. The predicted molar refractivity (Wildman–Crippen MR) is 57.3 cm³/mol. The Kier molecular flexibility index (Phi) is 4.76. The summed E-state index contributed by atoms with van der Waals surface area (Å²) in [5, 5.41) is 0. The van der Waals surface area contributed by atoms with Crippen LogP contribution < -0.4 is 5.73 Å². The molecule has 7 heteroatoms. The zero-order valence-corrected chi connectivity index (χ0v) is 9.83. The van der Waals surface area contributed by atoms with Crippen LogP contribution in [0.15, 0.2) is 0 Å². The molecule has 1 saturated heterocycles. The normalized spacial score (nSPS) is 21.1. The molecular weight excluding hydrogens is 235 g/mol. The Hall–Kier alpha value is -0.820. The first-order chi connectivity index (χ1) is 7.79. The van der Waals surface area contributed by atoms with Crippen molar-refractivity contribution in [1.82, 2.24) is 9.80 Å². The van der Waals surface area contributed by atoms with Gasteiger partial charge in [-0.1, -0.05) is 0 Å². The number of nitrogens with zero attached hydrogens (tertiary/aromatic N) is 2. The topological polar surface area (TPSA) is 49.6 Å². The van der Waals surface area contributed by atoms with Gasteiger partial charge in [-0.25, -0.2) is 0 Å². The minimum atomic E-state index is -4.18. The number of hydrogen-bond donors (Lipinski definition) is 1. The van der Waals surface area contributed by atoms with Crippen LogP contribution in [-0.2, 0) is 4.79 Å². The molecule has 0 radical (unpaired) electrons. The predicted octanol–water partition coefficient (Wildman–Crippen LogP) is 0.430. The van der Waals surface area contributed by atoms with Gasteiger partial charge in [0.1, 0.15) is 0 Å². The number of alkyl halides is 3. The zero-order chi connectivity index (χ0) is 13.1. The van der Waals surface area contributed by atoms with Crippen molar-refractivity contribution >= 4 is 5.91 Å². The van der Waals surface area contributed by atoms with Crippen LogP contribution in [-0.4, -0.2) is 60.6 Å². The van der Waals surface area contributed by atoms with Crippen molar-refractivity contribution in [2.45, 2.75) is 25.6 Å². The summed E-state index contributed by atoms with van der Waals surface area (Å²) in [7, 11) is 0. The van der Waals surface area contributed by atoms with Crippen LogP contribution in [0.2, 0.25) is 0 Å². The van der Waals surface area contributed by atoms with Gasteiger partial charge in [0, 0.05) is 26.2 Å². The molecule has 1 fully saturated rings.